The Bertz CT molecular complexity index is 954. The molecule has 4 atom stereocenters. The number of nitrogens with zero attached hydrogens (tertiary/aromatic N) is 2. The van der Waals surface area contributed by atoms with E-state index in [1.807, 2.05) is 12.1 Å². The van der Waals surface area contributed by atoms with Crippen LogP contribution in [-0.4, -0.2) is 22.8 Å². The summed E-state index contributed by atoms with van der Waals surface area (Å²) in [4.78, 5) is 43.2. The van der Waals surface area contributed by atoms with Gasteiger partial charge in [0.25, 0.3) is 0 Å². The highest BCUT2D eigenvalue weighted by Crippen LogP contribution is 2.50. The fourth-order valence-corrected chi connectivity index (χ4v) is 5.22. The summed E-state index contributed by atoms with van der Waals surface area (Å²) in [6.45, 7) is 0.332. The van der Waals surface area contributed by atoms with Gasteiger partial charge in [-0.05, 0) is 42.4 Å². The topological polar surface area (TPSA) is 91.4 Å². The second-order valence-electron chi connectivity index (χ2n) is 7.66. The molecule has 2 aromatic rings. The summed E-state index contributed by atoms with van der Waals surface area (Å²) >= 11 is 1.35. The lowest BCUT2D eigenvalue weighted by molar-refractivity contribution is -0.124. The van der Waals surface area contributed by atoms with Gasteiger partial charge < -0.3 is 5.32 Å². The maximum atomic E-state index is 13.0. The smallest absolute Gasteiger partial charge is 0.321 e. The van der Waals surface area contributed by atoms with Gasteiger partial charge in [-0.1, -0.05) is 24.3 Å². The number of rotatable bonds is 4. The van der Waals surface area contributed by atoms with E-state index in [1.54, 1.807) is 23.7 Å². The molecule has 4 amide bonds. The van der Waals surface area contributed by atoms with Gasteiger partial charge in [-0.2, -0.15) is 0 Å². The SMILES string of the molecule is O=C(NCc1ccc(N2C(=O)C3C4C=CC(CC4)C3C2=O)cc1)Nc1nccs1. The molecule has 2 fully saturated rings. The van der Waals surface area contributed by atoms with Crippen LogP contribution in [0.4, 0.5) is 15.6 Å². The van der Waals surface area contributed by atoms with Crippen LogP contribution in [0.5, 0.6) is 0 Å². The normalized spacial score (nSPS) is 27.2. The van der Waals surface area contributed by atoms with Crippen LogP contribution in [0.3, 0.4) is 0 Å². The summed E-state index contributed by atoms with van der Waals surface area (Å²) in [5.41, 5.74) is 1.48. The number of aromatic nitrogens is 1. The highest BCUT2D eigenvalue weighted by molar-refractivity contribution is 7.13. The number of carbonyl (C=O) groups is 3. The van der Waals surface area contributed by atoms with Gasteiger partial charge in [-0.25, -0.2) is 9.78 Å². The lowest BCUT2D eigenvalue weighted by Crippen LogP contribution is -2.38. The van der Waals surface area contributed by atoms with Crippen molar-refractivity contribution in [2.24, 2.45) is 23.7 Å². The molecule has 1 aromatic carbocycles. The van der Waals surface area contributed by atoms with Crippen molar-refractivity contribution >= 4 is 40.0 Å². The van der Waals surface area contributed by atoms with Crippen molar-refractivity contribution in [2.75, 3.05) is 10.2 Å². The molecule has 1 aliphatic heterocycles. The van der Waals surface area contributed by atoms with E-state index in [1.165, 1.54) is 16.2 Å². The van der Waals surface area contributed by atoms with E-state index < -0.39 is 0 Å². The monoisotopic (exact) mass is 408 g/mol. The first-order valence-electron chi connectivity index (χ1n) is 9.71. The van der Waals surface area contributed by atoms with E-state index in [9.17, 15) is 14.4 Å². The fourth-order valence-electron chi connectivity index (χ4n) is 4.70. The van der Waals surface area contributed by atoms with Crippen LogP contribution in [-0.2, 0) is 16.1 Å². The minimum atomic E-state index is -0.332. The number of nitrogens with one attached hydrogen (secondary N) is 2. The van der Waals surface area contributed by atoms with Gasteiger partial charge in [0.1, 0.15) is 0 Å². The number of benzene rings is 1. The third-order valence-electron chi connectivity index (χ3n) is 6.06. The van der Waals surface area contributed by atoms with E-state index in [2.05, 4.69) is 27.8 Å². The van der Waals surface area contributed by atoms with E-state index in [0.29, 0.717) is 17.4 Å². The Labute approximate surface area is 171 Å². The molecule has 29 heavy (non-hydrogen) atoms. The minimum Gasteiger partial charge on any atom is -0.334 e. The van der Waals surface area contributed by atoms with Gasteiger partial charge in [-0.15, -0.1) is 11.3 Å². The first kappa shape index (κ1) is 18.1. The van der Waals surface area contributed by atoms with Crippen LogP contribution in [0.15, 0.2) is 48.0 Å². The van der Waals surface area contributed by atoms with Gasteiger partial charge in [-0.3, -0.25) is 19.8 Å². The third-order valence-corrected chi connectivity index (χ3v) is 6.75. The second kappa shape index (κ2) is 7.11. The highest BCUT2D eigenvalue weighted by Gasteiger charge is 2.56. The lowest BCUT2D eigenvalue weighted by Gasteiger charge is -2.38. The molecule has 4 unspecified atom stereocenters. The van der Waals surface area contributed by atoms with Crippen molar-refractivity contribution in [1.82, 2.24) is 10.3 Å². The highest BCUT2D eigenvalue weighted by atomic mass is 32.1. The summed E-state index contributed by atoms with van der Waals surface area (Å²) < 4.78 is 0. The van der Waals surface area contributed by atoms with E-state index in [4.69, 9.17) is 0 Å². The Kier molecular flexibility index (Phi) is 4.43. The van der Waals surface area contributed by atoms with Crippen LogP contribution in [0.25, 0.3) is 0 Å². The van der Waals surface area contributed by atoms with Crippen molar-refractivity contribution < 1.29 is 14.4 Å². The van der Waals surface area contributed by atoms with Gasteiger partial charge >= 0.3 is 6.03 Å². The Morgan fingerprint density at radius 2 is 1.72 bits per heavy atom. The predicted molar refractivity (Wildman–Crippen MR) is 109 cm³/mol. The number of anilines is 2. The maximum Gasteiger partial charge on any atom is 0.321 e. The Morgan fingerprint density at radius 1 is 1.07 bits per heavy atom. The van der Waals surface area contributed by atoms with Crippen molar-refractivity contribution in [3.63, 3.8) is 0 Å². The largest absolute Gasteiger partial charge is 0.334 e. The number of fused-ring (bicyclic) bond motifs is 1. The van der Waals surface area contributed by atoms with Crippen LogP contribution < -0.4 is 15.5 Å². The standard InChI is InChI=1S/C21H20N4O3S/c26-18-16-13-3-4-14(6-5-13)17(16)19(27)25(18)15-7-1-12(2-8-15)11-23-20(28)24-21-22-9-10-29-21/h1-4,7-10,13-14,16-17H,5-6,11H2,(H2,22,23,24,28). The van der Waals surface area contributed by atoms with Crippen molar-refractivity contribution in [1.29, 1.82) is 0 Å². The quantitative estimate of drug-likeness (QED) is 0.600. The number of carbonyl (C=O) groups excluding carboxylic acids is 3. The molecule has 6 rings (SSSR count). The maximum absolute atomic E-state index is 13.0. The zero-order valence-electron chi connectivity index (χ0n) is 15.6. The molecule has 4 aliphatic rings. The van der Waals surface area contributed by atoms with Crippen molar-refractivity contribution in [3.8, 4) is 0 Å². The molecule has 1 saturated heterocycles. The summed E-state index contributed by atoms with van der Waals surface area (Å²) in [6.07, 6.45) is 7.84. The number of thiazole rings is 1. The molecule has 8 heteroatoms. The van der Waals surface area contributed by atoms with Crippen LogP contribution in [0.1, 0.15) is 18.4 Å². The predicted octanol–water partition coefficient (Wildman–Crippen LogP) is 3.17. The van der Waals surface area contributed by atoms with E-state index >= 15 is 0 Å². The van der Waals surface area contributed by atoms with E-state index in [-0.39, 0.29) is 41.5 Å². The second-order valence-corrected chi connectivity index (χ2v) is 8.56. The molecule has 3 aliphatic carbocycles. The van der Waals surface area contributed by atoms with Gasteiger partial charge in [0.05, 0.1) is 17.5 Å². The number of hydrogen-bond acceptors (Lipinski definition) is 5. The van der Waals surface area contributed by atoms with Crippen molar-refractivity contribution in [3.05, 3.63) is 53.6 Å². The summed E-state index contributed by atoms with van der Waals surface area (Å²) in [5, 5.41) is 7.74. The summed E-state index contributed by atoms with van der Waals surface area (Å²) in [5.74, 6) is -0.192. The van der Waals surface area contributed by atoms with Gasteiger partial charge in [0, 0.05) is 18.1 Å². The molecule has 0 radical (unpaired) electrons. The average molecular weight is 408 g/mol. The zero-order valence-corrected chi connectivity index (χ0v) is 16.4. The number of hydrogen-bond donors (Lipinski definition) is 2. The molecule has 2 bridgehead atoms. The fraction of sp³-hybridized carbons (Fsp3) is 0.333. The number of urea groups is 1. The molecule has 1 saturated carbocycles. The minimum absolute atomic E-state index is 0.0762. The Hall–Kier alpha value is -3.00. The number of amides is 4. The molecular weight excluding hydrogens is 388 g/mol. The molecular formula is C21H20N4O3S. The van der Waals surface area contributed by atoms with Gasteiger partial charge in [0.15, 0.2) is 5.13 Å². The zero-order chi connectivity index (χ0) is 20.0. The molecule has 2 heterocycles. The first-order valence-corrected chi connectivity index (χ1v) is 10.6. The van der Waals surface area contributed by atoms with Gasteiger partial charge in [0.2, 0.25) is 11.8 Å². The first-order chi connectivity index (χ1) is 14.1. The van der Waals surface area contributed by atoms with Crippen molar-refractivity contribution in [2.45, 2.75) is 19.4 Å². The van der Waals surface area contributed by atoms with Crippen LogP contribution >= 0.6 is 11.3 Å². The molecule has 0 spiro atoms. The summed E-state index contributed by atoms with van der Waals surface area (Å²) in [6, 6.07) is 6.88. The summed E-state index contributed by atoms with van der Waals surface area (Å²) in [7, 11) is 0. The lowest BCUT2D eigenvalue weighted by atomic mass is 9.63. The molecule has 7 nitrogen and oxygen atoms in total. The average Bonchev–Trinajstić information content (AvgIpc) is 3.35. The van der Waals surface area contributed by atoms with Crippen LogP contribution in [0.2, 0.25) is 0 Å². The van der Waals surface area contributed by atoms with Crippen LogP contribution in [0, 0.1) is 23.7 Å². The third kappa shape index (κ3) is 3.13. The number of imide groups is 1. The molecule has 1 aromatic heterocycles. The molecule has 2 N–H and O–H groups in total. The van der Waals surface area contributed by atoms with E-state index in [0.717, 1.165) is 18.4 Å². The molecule has 148 valence electrons. The number of allylic oxidation sites excluding steroid dienone is 2. The Balaban J connectivity index is 1.25. The Morgan fingerprint density at radius 3 is 2.28 bits per heavy atom.